The molecule has 1 rings (SSSR count). The van der Waals surface area contributed by atoms with E-state index < -0.39 is 0 Å². The van der Waals surface area contributed by atoms with Gasteiger partial charge in [0, 0.05) is 19.1 Å². The fourth-order valence-corrected chi connectivity index (χ4v) is 3.04. The van der Waals surface area contributed by atoms with Crippen LogP contribution in [-0.4, -0.2) is 40.9 Å². The number of halogens is 1. The molecule has 3 nitrogen and oxygen atoms in total. The molecule has 0 aliphatic carbocycles. The van der Waals surface area contributed by atoms with Crippen LogP contribution in [-0.2, 0) is 4.79 Å². The first-order chi connectivity index (χ1) is 7.65. The highest BCUT2D eigenvalue weighted by Crippen LogP contribution is 2.18. The summed E-state index contributed by atoms with van der Waals surface area (Å²) >= 11 is 1.77. The van der Waals surface area contributed by atoms with E-state index in [9.17, 15) is 4.79 Å². The van der Waals surface area contributed by atoms with Crippen LogP contribution in [0.3, 0.4) is 0 Å². The van der Waals surface area contributed by atoms with Gasteiger partial charge >= 0.3 is 0 Å². The summed E-state index contributed by atoms with van der Waals surface area (Å²) < 4.78 is 0. The Kier molecular flexibility index (Phi) is 9.10. The number of rotatable bonds is 5. The van der Waals surface area contributed by atoms with Gasteiger partial charge in [-0.05, 0) is 31.9 Å². The van der Waals surface area contributed by atoms with Crippen LogP contribution in [0.5, 0.6) is 0 Å². The summed E-state index contributed by atoms with van der Waals surface area (Å²) in [6, 6.07) is 0.186. The Morgan fingerprint density at radius 1 is 1.59 bits per heavy atom. The summed E-state index contributed by atoms with van der Waals surface area (Å²) in [4.78, 5) is 14.0. The smallest absolute Gasteiger partial charge is 0.235 e. The summed E-state index contributed by atoms with van der Waals surface area (Å²) in [5.41, 5.74) is 5.88. The van der Waals surface area contributed by atoms with Gasteiger partial charge in [0.15, 0.2) is 0 Å². The van der Waals surface area contributed by atoms with Gasteiger partial charge in [0.05, 0.1) is 5.25 Å². The molecular formula is C12H25ClN2OS. The molecule has 1 heterocycles. The van der Waals surface area contributed by atoms with Crippen molar-refractivity contribution in [1.82, 2.24) is 4.90 Å². The highest BCUT2D eigenvalue weighted by molar-refractivity contribution is 8.00. The van der Waals surface area contributed by atoms with E-state index in [1.165, 1.54) is 12.8 Å². The number of carbonyl (C=O) groups is 1. The lowest BCUT2D eigenvalue weighted by atomic mass is 10.1. The quantitative estimate of drug-likeness (QED) is 0.786. The van der Waals surface area contributed by atoms with Gasteiger partial charge in [0.25, 0.3) is 0 Å². The van der Waals surface area contributed by atoms with Crippen molar-refractivity contribution in [2.45, 2.75) is 50.8 Å². The van der Waals surface area contributed by atoms with Gasteiger partial charge in [-0.2, -0.15) is 0 Å². The third-order valence-electron chi connectivity index (χ3n) is 2.98. The van der Waals surface area contributed by atoms with Gasteiger partial charge in [-0.1, -0.05) is 13.3 Å². The number of nitrogens with zero attached hydrogens (tertiary/aromatic N) is 1. The zero-order valence-corrected chi connectivity index (χ0v) is 12.5. The van der Waals surface area contributed by atoms with Crippen LogP contribution < -0.4 is 5.73 Å². The van der Waals surface area contributed by atoms with Crippen LogP contribution in [0.1, 0.15) is 39.5 Å². The number of nitrogens with two attached hydrogens (primary N) is 1. The standard InChI is InChI=1S/C12H24N2OS.ClH/c1-3-4-8-16-10(2)12(15)14-7-5-6-11(13)9-14;/h10-11H,3-9,13H2,1-2H3;1H. The molecule has 2 N–H and O–H groups in total. The van der Waals surface area contributed by atoms with Crippen molar-refractivity contribution in [2.75, 3.05) is 18.8 Å². The first kappa shape index (κ1) is 17.1. The molecule has 0 bridgehead atoms. The predicted molar refractivity (Wildman–Crippen MR) is 77.9 cm³/mol. The lowest BCUT2D eigenvalue weighted by Gasteiger charge is -2.32. The Hall–Kier alpha value is 0.0700. The number of amides is 1. The maximum Gasteiger partial charge on any atom is 0.235 e. The molecule has 0 radical (unpaired) electrons. The molecule has 1 aliphatic rings. The third kappa shape index (κ3) is 5.98. The Labute approximate surface area is 115 Å². The Morgan fingerprint density at radius 2 is 2.29 bits per heavy atom. The minimum Gasteiger partial charge on any atom is -0.340 e. The van der Waals surface area contributed by atoms with E-state index in [4.69, 9.17) is 5.73 Å². The largest absolute Gasteiger partial charge is 0.340 e. The molecule has 17 heavy (non-hydrogen) atoms. The second kappa shape index (κ2) is 9.06. The molecule has 0 aromatic carbocycles. The minimum absolute atomic E-state index is 0. The molecule has 1 amide bonds. The molecule has 5 heteroatoms. The molecule has 1 fully saturated rings. The van der Waals surface area contributed by atoms with Crippen molar-refractivity contribution in [2.24, 2.45) is 5.73 Å². The van der Waals surface area contributed by atoms with E-state index in [2.05, 4.69) is 6.92 Å². The van der Waals surface area contributed by atoms with Crippen molar-refractivity contribution in [3.63, 3.8) is 0 Å². The predicted octanol–water partition coefficient (Wildman–Crippen LogP) is 2.28. The summed E-state index contributed by atoms with van der Waals surface area (Å²) in [6.45, 7) is 5.84. The highest BCUT2D eigenvalue weighted by atomic mass is 35.5. The van der Waals surface area contributed by atoms with Gasteiger partial charge < -0.3 is 10.6 Å². The molecule has 0 spiro atoms. The average molecular weight is 281 g/mol. The maximum atomic E-state index is 12.1. The number of carbonyl (C=O) groups excluding carboxylic acids is 1. The van der Waals surface area contributed by atoms with Crippen molar-refractivity contribution in [1.29, 1.82) is 0 Å². The normalized spacial score (nSPS) is 21.8. The van der Waals surface area contributed by atoms with Gasteiger partial charge in [-0.25, -0.2) is 0 Å². The lowest BCUT2D eigenvalue weighted by molar-refractivity contribution is -0.131. The van der Waals surface area contributed by atoms with Crippen LogP contribution in [0, 0.1) is 0 Å². The van der Waals surface area contributed by atoms with E-state index in [0.29, 0.717) is 0 Å². The van der Waals surface area contributed by atoms with Gasteiger partial charge in [0.1, 0.15) is 0 Å². The minimum atomic E-state index is 0. The topological polar surface area (TPSA) is 46.3 Å². The van der Waals surface area contributed by atoms with E-state index >= 15 is 0 Å². The van der Waals surface area contributed by atoms with Crippen molar-refractivity contribution in [3.8, 4) is 0 Å². The first-order valence-electron chi connectivity index (χ1n) is 6.31. The second-order valence-corrected chi connectivity index (χ2v) is 6.00. The fraction of sp³-hybridized carbons (Fsp3) is 0.917. The number of hydrogen-bond donors (Lipinski definition) is 1. The highest BCUT2D eigenvalue weighted by Gasteiger charge is 2.24. The van der Waals surface area contributed by atoms with Crippen molar-refractivity contribution in [3.05, 3.63) is 0 Å². The maximum absolute atomic E-state index is 12.1. The number of piperidine rings is 1. The van der Waals surface area contributed by atoms with Crippen molar-refractivity contribution >= 4 is 30.1 Å². The summed E-state index contributed by atoms with van der Waals surface area (Å²) in [7, 11) is 0. The van der Waals surface area contributed by atoms with Crippen LogP contribution in [0.15, 0.2) is 0 Å². The van der Waals surface area contributed by atoms with Gasteiger partial charge in [0.2, 0.25) is 5.91 Å². The average Bonchev–Trinajstić information content (AvgIpc) is 2.28. The lowest BCUT2D eigenvalue weighted by Crippen LogP contribution is -2.48. The van der Waals surface area contributed by atoms with Gasteiger partial charge in [-0.3, -0.25) is 4.79 Å². The summed E-state index contributed by atoms with van der Waals surface area (Å²) in [5, 5.41) is 0.0943. The van der Waals surface area contributed by atoms with E-state index in [-0.39, 0.29) is 29.6 Å². The Balaban J connectivity index is 0.00000256. The molecule has 1 saturated heterocycles. The second-order valence-electron chi connectivity index (χ2n) is 4.55. The molecule has 0 aromatic heterocycles. The SMILES string of the molecule is CCCCSC(C)C(=O)N1CCCC(N)C1.Cl. The monoisotopic (exact) mass is 280 g/mol. The van der Waals surface area contributed by atoms with E-state index in [1.54, 1.807) is 11.8 Å². The zero-order valence-electron chi connectivity index (χ0n) is 10.9. The molecule has 1 aliphatic heterocycles. The Morgan fingerprint density at radius 3 is 2.88 bits per heavy atom. The molecule has 0 aromatic rings. The number of likely N-dealkylation sites (tertiary alicyclic amines) is 1. The molecular weight excluding hydrogens is 256 g/mol. The number of thioether (sulfide) groups is 1. The number of unbranched alkanes of at least 4 members (excludes halogenated alkanes) is 1. The summed E-state index contributed by atoms with van der Waals surface area (Å²) in [5.74, 6) is 1.36. The third-order valence-corrected chi connectivity index (χ3v) is 4.21. The molecule has 2 atom stereocenters. The van der Waals surface area contributed by atoms with Gasteiger partial charge in [-0.15, -0.1) is 24.2 Å². The van der Waals surface area contributed by atoms with E-state index in [0.717, 1.165) is 31.7 Å². The number of hydrogen-bond acceptors (Lipinski definition) is 3. The van der Waals surface area contributed by atoms with E-state index in [1.807, 2.05) is 11.8 Å². The Bertz CT molecular complexity index is 229. The van der Waals surface area contributed by atoms with Crippen LogP contribution in [0.2, 0.25) is 0 Å². The molecule has 0 saturated carbocycles. The van der Waals surface area contributed by atoms with Crippen LogP contribution in [0.4, 0.5) is 0 Å². The molecule has 2 unspecified atom stereocenters. The first-order valence-corrected chi connectivity index (χ1v) is 7.36. The zero-order chi connectivity index (χ0) is 12.0. The summed E-state index contributed by atoms with van der Waals surface area (Å²) in [6.07, 6.45) is 4.50. The van der Waals surface area contributed by atoms with Crippen molar-refractivity contribution < 1.29 is 4.79 Å². The van der Waals surface area contributed by atoms with Crippen LogP contribution in [0.25, 0.3) is 0 Å². The fourth-order valence-electron chi connectivity index (χ4n) is 1.94. The van der Waals surface area contributed by atoms with Crippen LogP contribution >= 0.6 is 24.2 Å². The molecule has 102 valence electrons.